The molecule has 0 unspecified atom stereocenters. The molecule has 0 aliphatic carbocycles. The van der Waals surface area contributed by atoms with Crippen molar-refractivity contribution in [2.24, 2.45) is 0 Å². The van der Waals surface area contributed by atoms with Gasteiger partial charge in [0, 0.05) is 6.42 Å². The Morgan fingerprint density at radius 1 is 1.50 bits per heavy atom. The molecule has 0 aromatic rings. The van der Waals surface area contributed by atoms with Gasteiger partial charge in [0.2, 0.25) is 6.34 Å². The monoisotopic (exact) mass is 141 g/mol. The second-order valence-electron chi connectivity index (χ2n) is 3.28. The highest BCUT2D eigenvalue weighted by atomic mass is 15.2. The number of nitrogens with zero attached hydrogens (tertiary/aromatic N) is 2. The lowest BCUT2D eigenvalue weighted by Gasteiger charge is -2.21. The molecule has 0 saturated heterocycles. The minimum absolute atomic E-state index is 0.655. The topological polar surface area (TPSA) is 6.25 Å². The first-order chi connectivity index (χ1) is 4.70. The SMILES string of the molecule is CC(C)N1C=[N+](C)CCC1. The highest BCUT2D eigenvalue weighted by Crippen LogP contribution is 2.00. The van der Waals surface area contributed by atoms with Crippen molar-refractivity contribution in [3.05, 3.63) is 0 Å². The summed E-state index contributed by atoms with van der Waals surface area (Å²) in [7, 11) is 2.13. The van der Waals surface area contributed by atoms with Crippen molar-refractivity contribution in [1.29, 1.82) is 0 Å². The van der Waals surface area contributed by atoms with Crippen LogP contribution in [0.5, 0.6) is 0 Å². The Kier molecular flexibility index (Phi) is 2.30. The molecule has 0 atom stereocenters. The highest BCUT2D eigenvalue weighted by Gasteiger charge is 2.16. The molecule has 0 radical (unpaired) electrons. The maximum Gasteiger partial charge on any atom is 0.234 e. The molecule has 0 N–H and O–H groups in total. The fraction of sp³-hybridized carbons (Fsp3) is 0.875. The minimum Gasteiger partial charge on any atom is -0.271 e. The molecule has 0 aromatic carbocycles. The van der Waals surface area contributed by atoms with Gasteiger partial charge >= 0.3 is 0 Å². The zero-order valence-corrected chi connectivity index (χ0v) is 7.17. The summed E-state index contributed by atoms with van der Waals surface area (Å²) in [4.78, 5) is 2.38. The van der Waals surface area contributed by atoms with E-state index in [-0.39, 0.29) is 0 Å². The van der Waals surface area contributed by atoms with Gasteiger partial charge in [0.05, 0.1) is 26.2 Å². The second-order valence-corrected chi connectivity index (χ2v) is 3.28. The number of hydrogen-bond donors (Lipinski definition) is 0. The van der Waals surface area contributed by atoms with Gasteiger partial charge in [0.1, 0.15) is 0 Å². The Labute approximate surface area is 63.2 Å². The standard InChI is InChI=1S/C8H17N2/c1-8(2)10-6-4-5-9(3)7-10/h7-8H,4-6H2,1-3H3/q+1. The van der Waals surface area contributed by atoms with E-state index in [1.165, 1.54) is 19.5 Å². The van der Waals surface area contributed by atoms with E-state index < -0.39 is 0 Å². The van der Waals surface area contributed by atoms with Crippen molar-refractivity contribution in [1.82, 2.24) is 4.90 Å². The lowest BCUT2D eigenvalue weighted by molar-refractivity contribution is -0.503. The molecule has 0 bridgehead atoms. The van der Waals surface area contributed by atoms with E-state index in [0.29, 0.717) is 6.04 Å². The Bertz CT molecular complexity index is 138. The summed E-state index contributed by atoms with van der Waals surface area (Å²) in [6, 6.07) is 0.655. The van der Waals surface area contributed by atoms with Gasteiger partial charge in [0.15, 0.2) is 0 Å². The molecule has 0 aromatic heterocycles. The third-order valence-corrected chi connectivity index (χ3v) is 1.94. The van der Waals surface area contributed by atoms with Crippen molar-refractivity contribution in [3.63, 3.8) is 0 Å². The summed E-state index contributed by atoms with van der Waals surface area (Å²) < 4.78 is 2.25. The Hall–Kier alpha value is -0.530. The van der Waals surface area contributed by atoms with Crippen molar-refractivity contribution in [3.8, 4) is 0 Å². The van der Waals surface area contributed by atoms with E-state index in [2.05, 4.69) is 36.7 Å². The fourth-order valence-electron chi connectivity index (χ4n) is 1.26. The van der Waals surface area contributed by atoms with Crippen LogP contribution in [0.15, 0.2) is 0 Å². The van der Waals surface area contributed by atoms with Crippen molar-refractivity contribution < 1.29 is 4.58 Å². The van der Waals surface area contributed by atoms with Crippen LogP contribution in [0.4, 0.5) is 0 Å². The van der Waals surface area contributed by atoms with E-state index in [0.717, 1.165) is 0 Å². The second kappa shape index (κ2) is 3.04. The lowest BCUT2D eigenvalue weighted by Crippen LogP contribution is -2.38. The van der Waals surface area contributed by atoms with Gasteiger partial charge in [-0.1, -0.05) is 0 Å². The quantitative estimate of drug-likeness (QED) is 0.489. The minimum atomic E-state index is 0.655. The van der Waals surface area contributed by atoms with Crippen LogP contribution in [0.25, 0.3) is 0 Å². The van der Waals surface area contributed by atoms with Crippen LogP contribution in [0, 0.1) is 0 Å². The smallest absolute Gasteiger partial charge is 0.234 e. The molecule has 1 heterocycles. The molecule has 10 heavy (non-hydrogen) atoms. The number of hydrogen-bond acceptors (Lipinski definition) is 1. The van der Waals surface area contributed by atoms with Crippen LogP contribution in [-0.4, -0.2) is 42.0 Å². The zero-order chi connectivity index (χ0) is 7.56. The molecular weight excluding hydrogens is 124 g/mol. The Morgan fingerprint density at radius 2 is 2.20 bits per heavy atom. The first-order valence-corrected chi connectivity index (χ1v) is 4.01. The molecule has 0 saturated carbocycles. The molecule has 58 valence electrons. The maximum atomic E-state index is 2.38. The third kappa shape index (κ3) is 1.72. The normalized spacial score (nSPS) is 19.6. The molecule has 1 aliphatic rings. The lowest BCUT2D eigenvalue weighted by atomic mass is 10.3. The molecule has 2 heteroatoms. The first-order valence-electron chi connectivity index (χ1n) is 4.01. The Balaban J connectivity index is 2.53. The predicted octanol–water partition coefficient (Wildman–Crippen LogP) is 0.771. The van der Waals surface area contributed by atoms with Crippen molar-refractivity contribution in [2.45, 2.75) is 26.3 Å². The number of rotatable bonds is 1. The largest absolute Gasteiger partial charge is 0.271 e. The fourth-order valence-corrected chi connectivity index (χ4v) is 1.26. The van der Waals surface area contributed by atoms with Crippen LogP contribution in [0.2, 0.25) is 0 Å². The average molecular weight is 141 g/mol. The van der Waals surface area contributed by atoms with Crippen LogP contribution in [-0.2, 0) is 0 Å². The summed E-state index contributed by atoms with van der Waals surface area (Å²) in [6.07, 6.45) is 3.51. The first kappa shape index (κ1) is 7.58. The van der Waals surface area contributed by atoms with Gasteiger partial charge in [-0.25, -0.2) is 0 Å². The molecule has 0 spiro atoms. The summed E-state index contributed by atoms with van der Waals surface area (Å²) in [5, 5.41) is 0. The summed E-state index contributed by atoms with van der Waals surface area (Å²) in [5.41, 5.74) is 0. The summed E-state index contributed by atoms with van der Waals surface area (Å²) in [5.74, 6) is 0. The maximum absolute atomic E-state index is 2.38. The van der Waals surface area contributed by atoms with E-state index in [4.69, 9.17) is 0 Å². The highest BCUT2D eigenvalue weighted by molar-refractivity contribution is 5.49. The van der Waals surface area contributed by atoms with Gasteiger partial charge < -0.3 is 0 Å². The summed E-state index contributed by atoms with van der Waals surface area (Å²) in [6.45, 7) is 6.90. The van der Waals surface area contributed by atoms with Gasteiger partial charge in [0.25, 0.3) is 0 Å². The van der Waals surface area contributed by atoms with E-state index in [9.17, 15) is 0 Å². The van der Waals surface area contributed by atoms with Gasteiger partial charge in [-0.15, -0.1) is 0 Å². The zero-order valence-electron chi connectivity index (χ0n) is 7.17. The molecule has 0 amide bonds. The summed E-state index contributed by atoms with van der Waals surface area (Å²) >= 11 is 0. The van der Waals surface area contributed by atoms with Crippen molar-refractivity contribution in [2.75, 3.05) is 20.1 Å². The van der Waals surface area contributed by atoms with Crippen LogP contribution < -0.4 is 0 Å². The van der Waals surface area contributed by atoms with Crippen LogP contribution in [0.1, 0.15) is 20.3 Å². The predicted molar refractivity (Wildman–Crippen MR) is 43.6 cm³/mol. The Morgan fingerprint density at radius 3 is 2.60 bits per heavy atom. The van der Waals surface area contributed by atoms with Crippen LogP contribution >= 0.6 is 0 Å². The van der Waals surface area contributed by atoms with E-state index >= 15 is 0 Å². The van der Waals surface area contributed by atoms with E-state index in [1.54, 1.807) is 0 Å². The van der Waals surface area contributed by atoms with Gasteiger partial charge in [-0.3, -0.25) is 9.48 Å². The molecular formula is C8H17N2+. The van der Waals surface area contributed by atoms with E-state index in [1.807, 2.05) is 0 Å². The van der Waals surface area contributed by atoms with Gasteiger partial charge in [-0.2, -0.15) is 0 Å². The van der Waals surface area contributed by atoms with Crippen molar-refractivity contribution >= 4 is 6.34 Å². The average Bonchev–Trinajstić information content (AvgIpc) is 1.88. The molecule has 2 nitrogen and oxygen atoms in total. The molecule has 1 aliphatic heterocycles. The third-order valence-electron chi connectivity index (χ3n) is 1.94. The molecule has 1 rings (SSSR count). The van der Waals surface area contributed by atoms with Crippen LogP contribution in [0.3, 0.4) is 0 Å². The molecule has 0 fully saturated rings. The van der Waals surface area contributed by atoms with Gasteiger partial charge in [-0.05, 0) is 13.8 Å².